The lowest BCUT2D eigenvalue weighted by Gasteiger charge is -2.44. The van der Waals surface area contributed by atoms with E-state index in [9.17, 15) is 9.90 Å². The van der Waals surface area contributed by atoms with Crippen LogP contribution in [0.4, 0.5) is 4.79 Å². The lowest BCUT2D eigenvalue weighted by Crippen LogP contribution is -2.51. The molecule has 190 valence electrons. The number of halogens is 1. The lowest BCUT2D eigenvalue weighted by molar-refractivity contribution is -0.0571. The van der Waals surface area contributed by atoms with Crippen LogP contribution in [0.2, 0.25) is 5.02 Å². The Labute approximate surface area is 214 Å². The first-order chi connectivity index (χ1) is 16.9. The van der Waals surface area contributed by atoms with E-state index in [0.717, 1.165) is 48.8 Å². The fourth-order valence-corrected chi connectivity index (χ4v) is 5.91. The van der Waals surface area contributed by atoms with Gasteiger partial charge in [0.05, 0.1) is 5.60 Å². The first kappa shape index (κ1) is 26.0. The van der Waals surface area contributed by atoms with Crippen LogP contribution in [0.15, 0.2) is 48.5 Å². The van der Waals surface area contributed by atoms with Crippen molar-refractivity contribution in [3.8, 4) is 11.1 Å². The van der Waals surface area contributed by atoms with Gasteiger partial charge in [0, 0.05) is 62.4 Å². The third-order valence-electron chi connectivity index (χ3n) is 7.58. The average Bonchev–Trinajstić information content (AvgIpc) is 3.32. The number of amides is 2. The van der Waals surface area contributed by atoms with Crippen molar-refractivity contribution in [2.45, 2.75) is 50.2 Å². The van der Waals surface area contributed by atoms with Crippen molar-refractivity contribution < 1.29 is 14.6 Å². The number of urea groups is 1. The summed E-state index contributed by atoms with van der Waals surface area (Å²) in [5.74, 6) is -0.0809. The first-order valence-corrected chi connectivity index (χ1v) is 13.2. The molecule has 6 nitrogen and oxygen atoms in total. The van der Waals surface area contributed by atoms with Crippen LogP contribution in [0, 0.1) is 5.92 Å². The number of piperidine rings is 1. The number of aliphatic hydroxyl groups is 1. The molecule has 3 N–H and O–H groups in total. The maximum atomic E-state index is 13.3. The summed E-state index contributed by atoms with van der Waals surface area (Å²) < 4.78 is 5.26. The van der Waals surface area contributed by atoms with Gasteiger partial charge in [-0.05, 0) is 55.7 Å². The Morgan fingerprint density at radius 1 is 1.06 bits per heavy atom. The van der Waals surface area contributed by atoms with E-state index in [1.807, 2.05) is 58.3 Å². The highest BCUT2D eigenvalue weighted by atomic mass is 35.5. The van der Waals surface area contributed by atoms with Gasteiger partial charge < -0.3 is 25.4 Å². The van der Waals surface area contributed by atoms with Crippen molar-refractivity contribution in [2.75, 3.05) is 39.9 Å². The summed E-state index contributed by atoms with van der Waals surface area (Å²) in [7, 11) is 1.70. The Bertz CT molecular complexity index is 1000. The summed E-state index contributed by atoms with van der Waals surface area (Å²) in [4.78, 5) is 17.1. The van der Waals surface area contributed by atoms with Gasteiger partial charge in [-0.15, -0.1) is 0 Å². The predicted octanol–water partition coefficient (Wildman–Crippen LogP) is 4.88. The van der Waals surface area contributed by atoms with Crippen LogP contribution < -0.4 is 5.73 Å². The van der Waals surface area contributed by atoms with Crippen molar-refractivity contribution >= 4 is 17.6 Å². The van der Waals surface area contributed by atoms with Crippen molar-refractivity contribution in [1.29, 1.82) is 0 Å². The molecule has 4 rings (SSSR count). The number of methoxy groups -OCH3 is 1. The van der Waals surface area contributed by atoms with Crippen molar-refractivity contribution in [1.82, 2.24) is 9.80 Å². The van der Waals surface area contributed by atoms with Gasteiger partial charge in [-0.25, -0.2) is 4.79 Å². The SMILES string of the molecule is COCCCCC(O)(c1ccccc1-c1ccccc1Cl)C1CCCN(C(=O)N2CCC(N)C2)C1. The molecule has 3 unspecified atom stereocenters. The third-order valence-corrected chi connectivity index (χ3v) is 7.91. The number of likely N-dealkylation sites (tertiary alicyclic amines) is 2. The summed E-state index contributed by atoms with van der Waals surface area (Å²) >= 11 is 6.59. The fraction of sp³-hybridized carbons (Fsp3) is 0.536. The number of nitrogens with zero attached hydrogens (tertiary/aromatic N) is 2. The highest BCUT2D eigenvalue weighted by molar-refractivity contribution is 6.33. The molecule has 0 bridgehead atoms. The quantitative estimate of drug-likeness (QED) is 0.507. The predicted molar refractivity (Wildman–Crippen MR) is 140 cm³/mol. The molecule has 7 heteroatoms. The van der Waals surface area contributed by atoms with Gasteiger partial charge in [-0.1, -0.05) is 54.1 Å². The van der Waals surface area contributed by atoms with Crippen molar-refractivity contribution in [3.63, 3.8) is 0 Å². The van der Waals surface area contributed by atoms with Gasteiger partial charge >= 0.3 is 6.03 Å². The standard InChI is InChI=1S/C28H38ClN3O3/c1-35-18-7-6-15-28(34,25-12-4-2-10-23(25)24-11-3-5-13-26(24)29)21-9-8-16-31(19-21)27(33)32-17-14-22(30)20-32/h2-5,10-13,21-22,34H,6-9,14-20,30H2,1H3. The second-order valence-electron chi connectivity index (χ2n) is 9.96. The lowest BCUT2D eigenvalue weighted by atomic mass is 9.72. The Hall–Kier alpha value is -2.12. The molecule has 35 heavy (non-hydrogen) atoms. The number of rotatable bonds is 8. The largest absolute Gasteiger partial charge is 0.385 e. The summed E-state index contributed by atoms with van der Waals surface area (Å²) in [5, 5.41) is 13.2. The summed E-state index contributed by atoms with van der Waals surface area (Å²) in [6, 6.07) is 15.9. The number of benzene rings is 2. The molecule has 2 aromatic rings. The zero-order valence-corrected chi connectivity index (χ0v) is 21.4. The van der Waals surface area contributed by atoms with Crippen LogP contribution in [-0.4, -0.2) is 66.9 Å². The molecule has 2 aliphatic heterocycles. The minimum Gasteiger partial charge on any atom is -0.385 e. The Morgan fingerprint density at radius 2 is 1.77 bits per heavy atom. The fourth-order valence-electron chi connectivity index (χ4n) is 5.68. The molecule has 2 fully saturated rings. The highest BCUT2D eigenvalue weighted by Crippen LogP contribution is 2.44. The van der Waals surface area contributed by atoms with E-state index in [1.165, 1.54) is 0 Å². The summed E-state index contributed by atoms with van der Waals surface area (Å²) in [5.41, 5.74) is 7.70. The van der Waals surface area contributed by atoms with E-state index in [-0.39, 0.29) is 18.0 Å². The highest BCUT2D eigenvalue weighted by Gasteiger charge is 2.43. The molecule has 0 aromatic heterocycles. The molecule has 3 atom stereocenters. The normalized spacial score (nSPS) is 22.3. The minimum atomic E-state index is -1.09. The van der Waals surface area contributed by atoms with E-state index >= 15 is 0 Å². The summed E-state index contributed by atoms with van der Waals surface area (Å²) in [6.45, 7) is 3.22. The molecule has 2 aliphatic rings. The Balaban J connectivity index is 1.65. The Morgan fingerprint density at radius 3 is 2.49 bits per heavy atom. The molecule has 0 aliphatic carbocycles. The van der Waals surface area contributed by atoms with Crippen LogP contribution in [0.5, 0.6) is 0 Å². The van der Waals surface area contributed by atoms with E-state index in [4.69, 9.17) is 22.1 Å². The first-order valence-electron chi connectivity index (χ1n) is 12.8. The number of ether oxygens (including phenoxy) is 1. The molecule has 0 radical (unpaired) electrons. The summed E-state index contributed by atoms with van der Waals surface area (Å²) in [6.07, 6.45) is 4.86. The van der Waals surface area contributed by atoms with Crippen LogP contribution >= 0.6 is 11.6 Å². The van der Waals surface area contributed by atoms with Crippen molar-refractivity contribution in [2.24, 2.45) is 11.7 Å². The van der Waals surface area contributed by atoms with Crippen LogP contribution in [0.3, 0.4) is 0 Å². The number of hydrogen-bond acceptors (Lipinski definition) is 4. The molecule has 0 saturated carbocycles. The van der Waals surface area contributed by atoms with Crippen LogP contribution in [0.1, 0.15) is 44.1 Å². The van der Waals surface area contributed by atoms with Gasteiger partial charge in [0.2, 0.25) is 0 Å². The number of nitrogens with two attached hydrogens (primary N) is 1. The molecule has 2 aromatic carbocycles. The monoisotopic (exact) mass is 499 g/mol. The van der Waals surface area contributed by atoms with Gasteiger partial charge in [-0.3, -0.25) is 0 Å². The molecule has 0 spiro atoms. The van der Waals surface area contributed by atoms with Gasteiger partial charge in [0.15, 0.2) is 0 Å². The van der Waals surface area contributed by atoms with Crippen LogP contribution in [-0.2, 0) is 10.3 Å². The van der Waals surface area contributed by atoms with Crippen LogP contribution in [0.25, 0.3) is 11.1 Å². The Kier molecular flexibility index (Phi) is 8.71. The topological polar surface area (TPSA) is 79.0 Å². The van der Waals surface area contributed by atoms with E-state index < -0.39 is 5.60 Å². The number of carbonyl (C=O) groups excluding carboxylic acids is 1. The number of carbonyl (C=O) groups is 1. The van der Waals surface area contributed by atoms with Crippen molar-refractivity contribution in [3.05, 3.63) is 59.1 Å². The minimum absolute atomic E-state index is 0.0452. The molecule has 2 saturated heterocycles. The van der Waals surface area contributed by atoms with E-state index in [0.29, 0.717) is 44.2 Å². The van der Waals surface area contributed by atoms with Gasteiger partial charge in [0.25, 0.3) is 0 Å². The maximum absolute atomic E-state index is 13.3. The average molecular weight is 500 g/mol. The second kappa shape index (κ2) is 11.7. The number of unbranched alkanes of at least 4 members (excludes halogenated alkanes) is 1. The molecular formula is C28H38ClN3O3. The smallest absolute Gasteiger partial charge is 0.320 e. The third kappa shape index (κ3) is 5.83. The second-order valence-corrected chi connectivity index (χ2v) is 10.4. The number of hydrogen-bond donors (Lipinski definition) is 2. The van der Waals surface area contributed by atoms with E-state index in [1.54, 1.807) is 7.11 Å². The molecule has 2 amide bonds. The van der Waals surface area contributed by atoms with Gasteiger partial charge in [0.1, 0.15) is 0 Å². The zero-order chi connectivity index (χ0) is 24.8. The molecule has 2 heterocycles. The molecular weight excluding hydrogens is 462 g/mol. The maximum Gasteiger partial charge on any atom is 0.320 e. The zero-order valence-electron chi connectivity index (χ0n) is 20.7. The van der Waals surface area contributed by atoms with Gasteiger partial charge in [-0.2, -0.15) is 0 Å². The van der Waals surface area contributed by atoms with E-state index in [2.05, 4.69) is 0 Å².